The summed E-state index contributed by atoms with van der Waals surface area (Å²) in [6.07, 6.45) is 0. The van der Waals surface area contributed by atoms with Crippen molar-refractivity contribution < 1.29 is 23.7 Å². The van der Waals surface area contributed by atoms with Crippen LogP contribution in [0.2, 0.25) is 0 Å². The van der Waals surface area contributed by atoms with E-state index in [2.05, 4.69) is 11.1 Å². The predicted molar refractivity (Wildman–Crippen MR) is 128 cm³/mol. The maximum Gasteiger partial charge on any atom is 0.211 e. The monoisotopic (exact) mass is 454 g/mol. The number of carbonyl (C=O) groups is 1. The standard InChI is InChI=1S/C27H22N2O5/c1-31-22-12-11-20-19(25(22)17-7-5-16(15-28)6-8-17)9-10-21(29-20)26(30)18-13-23(32-2)27(34-4)24(14-18)33-3/h5-14H,1-4H3. The van der Waals surface area contributed by atoms with Crippen LogP contribution in [-0.4, -0.2) is 39.2 Å². The first-order chi connectivity index (χ1) is 16.5. The fraction of sp³-hybridized carbons (Fsp3) is 0.148. The van der Waals surface area contributed by atoms with E-state index in [1.807, 2.05) is 30.3 Å². The molecule has 0 aliphatic rings. The first-order valence-electron chi connectivity index (χ1n) is 10.4. The lowest BCUT2D eigenvalue weighted by Crippen LogP contribution is -2.06. The van der Waals surface area contributed by atoms with Crippen molar-refractivity contribution in [1.82, 2.24) is 4.98 Å². The van der Waals surface area contributed by atoms with Crippen LogP contribution in [0.1, 0.15) is 21.6 Å². The molecule has 0 saturated heterocycles. The summed E-state index contributed by atoms with van der Waals surface area (Å²) in [7, 11) is 6.10. The van der Waals surface area contributed by atoms with Gasteiger partial charge in [-0.25, -0.2) is 4.98 Å². The highest BCUT2D eigenvalue weighted by atomic mass is 16.5. The third-order valence-electron chi connectivity index (χ3n) is 5.52. The number of hydrogen-bond acceptors (Lipinski definition) is 7. The molecule has 4 rings (SSSR count). The van der Waals surface area contributed by atoms with Crippen LogP contribution in [0.4, 0.5) is 0 Å². The summed E-state index contributed by atoms with van der Waals surface area (Å²) in [5.41, 5.74) is 3.56. The van der Waals surface area contributed by atoms with Gasteiger partial charge in [0.25, 0.3) is 0 Å². The number of pyridine rings is 1. The fourth-order valence-corrected chi connectivity index (χ4v) is 3.85. The fourth-order valence-electron chi connectivity index (χ4n) is 3.85. The number of ether oxygens (including phenoxy) is 4. The van der Waals surface area contributed by atoms with E-state index < -0.39 is 0 Å². The molecule has 0 aliphatic carbocycles. The van der Waals surface area contributed by atoms with E-state index in [4.69, 9.17) is 24.2 Å². The van der Waals surface area contributed by atoms with E-state index in [0.29, 0.717) is 39.6 Å². The Morgan fingerprint density at radius 1 is 0.794 bits per heavy atom. The molecule has 4 aromatic rings. The molecule has 34 heavy (non-hydrogen) atoms. The van der Waals surface area contributed by atoms with Crippen LogP contribution >= 0.6 is 0 Å². The first-order valence-corrected chi connectivity index (χ1v) is 10.4. The van der Waals surface area contributed by atoms with Gasteiger partial charge in [-0.3, -0.25) is 4.79 Å². The predicted octanol–water partition coefficient (Wildman–Crippen LogP) is 5.04. The lowest BCUT2D eigenvalue weighted by Gasteiger charge is -2.14. The van der Waals surface area contributed by atoms with E-state index in [9.17, 15) is 4.79 Å². The van der Waals surface area contributed by atoms with E-state index in [1.165, 1.54) is 21.3 Å². The molecule has 0 aliphatic heterocycles. The summed E-state index contributed by atoms with van der Waals surface area (Å²) >= 11 is 0. The Bertz CT molecular complexity index is 1400. The molecular weight excluding hydrogens is 432 g/mol. The van der Waals surface area contributed by atoms with Crippen molar-refractivity contribution >= 4 is 16.7 Å². The minimum atomic E-state index is -0.281. The molecule has 3 aromatic carbocycles. The average Bonchev–Trinajstić information content (AvgIpc) is 2.90. The van der Waals surface area contributed by atoms with E-state index in [0.717, 1.165) is 16.5 Å². The minimum Gasteiger partial charge on any atom is -0.496 e. The van der Waals surface area contributed by atoms with Crippen LogP contribution in [0, 0.1) is 11.3 Å². The summed E-state index contributed by atoms with van der Waals surface area (Å²) in [6, 6.07) is 19.7. The zero-order valence-corrected chi connectivity index (χ0v) is 19.2. The molecule has 0 unspecified atom stereocenters. The second-order valence-electron chi connectivity index (χ2n) is 7.34. The summed E-state index contributed by atoms with van der Waals surface area (Å²) in [6.45, 7) is 0. The van der Waals surface area contributed by atoms with Crippen molar-refractivity contribution in [2.24, 2.45) is 0 Å². The Kier molecular flexibility index (Phi) is 6.33. The molecule has 0 spiro atoms. The number of benzene rings is 3. The van der Waals surface area contributed by atoms with Crippen molar-refractivity contribution in [2.75, 3.05) is 28.4 Å². The molecule has 1 aromatic heterocycles. The lowest BCUT2D eigenvalue weighted by molar-refractivity contribution is 0.103. The molecule has 7 nitrogen and oxygen atoms in total. The second-order valence-corrected chi connectivity index (χ2v) is 7.34. The van der Waals surface area contributed by atoms with Crippen LogP contribution < -0.4 is 18.9 Å². The molecular formula is C27H22N2O5. The minimum absolute atomic E-state index is 0.276. The maximum absolute atomic E-state index is 13.3. The zero-order valence-electron chi connectivity index (χ0n) is 19.2. The smallest absolute Gasteiger partial charge is 0.211 e. The molecule has 0 amide bonds. The number of ketones is 1. The van der Waals surface area contributed by atoms with Crippen LogP contribution in [0.5, 0.6) is 23.0 Å². The Hall–Kier alpha value is -4.57. The molecule has 0 N–H and O–H groups in total. The van der Waals surface area contributed by atoms with Crippen molar-refractivity contribution in [3.63, 3.8) is 0 Å². The molecule has 0 fully saturated rings. The van der Waals surface area contributed by atoms with Gasteiger partial charge in [0.1, 0.15) is 11.4 Å². The molecule has 170 valence electrons. The van der Waals surface area contributed by atoms with Gasteiger partial charge < -0.3 is 18.9 Å². The van der Waals surface area contributed by atoms with Crippen molar-refractivity contribution in [3.05, 3.63) is 77.5 Å². The van der Waals surface area contributed by atoms with Gasteiger partial charge in [0.05, 0.1) is 45.6 Å². The van der Waals surface area contributed by atoms with Gasteiger partial charge in [0.15, 0.2) is 11.5 Å². The average molecular weight is 454 g/mol. The highest BCUT2D eigenvalue weighted by Crippen LogP contribution is 2.39. The van der Waals surface area contributed by atoms with Crippen molar-refractivity contribution in [2.45, 2.75) is 0 Å². The molecule has 7 heteroatoms. The Balaban J connectivity index is 1.82. The van der Waals surface area contributed by atoms with Gasteiger partial charge in [0.2, 0.25) is 11.5 Å². The van der Waals surface area contributed by atoms with E-state index in [-0.39, 0.29) is 11.5 Å². The van der Waals surface area contributed by atoms with Crippen LogP contribution in [-0.2, 0) is 0 Å². The molecule has 0 bridgehead atoms. The third kappa shape index (κ3) is 3.97. The van der Waals surface area contributed by atoms with Gasteiger partial charge >= 0.3 is 0 Å². The maximum atomic E-state index is 13.3. The molecule has 0 atom stereocenters. The number of nitrogens with zero attached hydrogens (tertiary/aromatic N) is 2. The molecule has 1 heterocycles. The summed E-state index contributed by atoms with van der Waals surface area (Å²) in [4.78, 5) is 17.9. The van der Waals surface area contributed by atoms with Gasteiger partial charge in [-0.05, 0) is 54.1 Å². The topological polar surface area (TPSA) is 90.7 Å². The van der Waals surface area contributed by atoms with Crippen molar-refractivity contribution in [3.8, 4) is 40.2 Å². The molecule has 0 radical (unpaired) electrons. The number of nitriles is 1. The Morgan fingerprint density at radius 3 is 2.00 bits per heavy atom. The summed E-state index contributed by atoms with van der Waals surface area (Å²) < 4.78 is 21.7. The molecule has 0 saturated carbocycles. The summed E-state index contributed by atoms with van der Waals surface area (Å²) in [5.74, 6) is 1.57. The third-order valence-corrected chi connectivity index (χ3v) is 5.52. The number of aromatic nitrogens is 1. The normalized spacial score (nSPS) is 10.4. The van der Waals surface area contributed by atoms with Crippen LogP contribution in [0.15, 0.2) is 60.7 Å². The number of rotatable bonds is 7. The van der Waals surface area contributed by atoms with Crippen LogP contribution in [0.3, 0.4) is 0 Å². The zero-order chi connectivity index (χ0) is 24.2. The number of hydrogen-bond donors (Lipinski definition) is 0. The quantitative estimate of drug-likeness (QED) is 0.361. The van der Waals surface area contributed by atoms with Gasteiger partial charge in [-0.1, -0.05) is 12.1 Å². The second kappa shape index (κ2) is 9.51. The van der Waals surface area contributed by atoms with E-state index >= 15 is 0 Å². The highest BCUT2D eigenvalue weighted by molar-refractivity contribution is 6.10. The Morgan fingerprint density at radius 2 is 1.44 bits per heavy atom. The summed E-state index contributed by atoms with van der Waals surface area (Å²) in [5, 5.41) is 9.93. The van der Waals surface area contributed by atoms with Gasteiger partial charge in [-0.15, -0.1) is 0 Å². The lowest BCUT2D eigenvalue weighted by atomic mass is 9.97. The first kappa shape index (κ1) is 22.6. The number of methoxy groups -OCH3 is 4. The van der Waals surface area contributed by atoms with E-state index in [1.54, 1.807) is 37.4 Å². The Labute approximate surface area is 197 Å². The van der Waals surface area contributed by atoms with Gasteiger partial charge in [0, 0.05) is 16.5 Å². The number of carbonyl (C=O) groups excluding carboxylic acids is 1. The largest absolute Gasteiger partial charge is 0.496 e. The van der Waals surface area contributed by atoms with Crippen LogP contribution in [0.25, 0.3) is 22.0 Å². The number of fused-ring (bicyclic) bond motifs is 1. The van der Waals surface area contributed by atoms with Gasteiger partial charge in [-0.2, -0.15) is 5.26 Å². The highest BCUT2D eigenvalue weighted by Gasteiger charge is 2.20. The van der Waals surface area contributed by atoms with Crippen molar-refractivity contribution in [1.29, 1.82) is 5.26 Å². The SMILES string of the molecule is COc1cc(C(=O)c2ccc3c(-c4ccc(C#N)cc4)c(OC)ccc3n2)cc(OC)c1OC.